The van der Waals surface area contributed by atoms with E-state index in [1.807, 2.05) is 23.5 Å². The first-order chi connectivity index (χ1) is 15.9. The number of benzene rings is 1. The molecule has 1 aromatic rings. The average Bonchev–Trinajstić information content (AvgIpc) is 3.36. The van der Waals surface area contributed by atoms with Crippen molar-refractivity contribution < 1.29 is 9.90 Å². The number of amides is 1. The van der Waals surface area contributed by atoms with Crippen LogP contribution in [-0.4, -0.2) is 33.3 Å². The molecule has 3 aliphatic carbocycles. The van der Waals surface area contributed by atoms with Gasteiger partial charge in [0.05, 0.1) is 5.75 Å². The number of phenols is 1. The third kappa shape index (κ3) is 6.11. The fourth-order valence-electron chi connectivity index (χ4n) is 6.24. The standard InChI is InChI=1S/C29H45NO2S2/c1-28(2,3)21-15-20(16-22(27(21)32)29(4,5)6)34-25-10-8-7-9-24(25)33-17-26(31)30-23-14-18-11-12-19(23)13-18/h15-16,18-19,23-25,32H,7-14,17H2,1-6H3,(H,30,31)/t18-,19-,23?,24?,25?/m0/s1. The van der Waals surface area contributed by atoms with Gasteiger partial charge in [-0.1, -0.05) is 60.8 Å². The summed E-state index contributed by atoms with van der Waals surface area (Å²) in [6.45, 7) is 13.1. The predicted molar refractivity (Wildman–Crippen MR) is 147 cm³/mol. The quantitative estimate of drug-likeness (QED) is 0.424. The Balaban J connectivity index is 1.42. The van der Waals surface area contributed by atoms with Gasteiger partial charge >= 0.3 is 0 Å². The average molecular weight is 504 g/mol. The summed E-state index contributed by atoms with van der Waals surface area (Å²) in [6, 6.07) is 4.87. The molecule has 2 bridgehead atoms. The van der Waals surface area contributed by atoms with Gasteiger partial charge in [-0.2, -0.15) is 0 Å². The van der Waals surface area contributed by atoms with Crippen molar-refractivity contribution in [2.45, 2.75) is 125 Å². The van der Waals surface area contributed by atoms with Crippen LogP contribution in [0, 0.1) is 11.8 Å². The lowest BCUT2D eigenvalue weighted by Gasteiger charge is -2.32. The maximum atomic E-state index is 12.8. The van der Waals surface area contributed by atoms with E-state index in [-0.39, 0.29) is 16.7 Å². The van der Waals surface area contributed by atoms with E-state index in [4.69, 9.17) is 0 Å². The first-order valence-electron chi connectivity index (χ1n) is 13.4. The number of carbonyl (C=O) groups excluding carboxylic acids is 1. The second-order valence-corrected chi connectivity index (χ2v) is 15.5. The molecule has 0 spiro atoms. The lowest BCUT2D eigenvalue weighted by molar-refractivity contribution is -0.119. The zero-order valence-corrected chi connectivity index (χ0v) is 23.7. The Morgan fingerprint density at radius 1 is 0.941 bits per heavy atom. The minimum atomic E-state index is -0.112. The molecule has 3 nitrogen and oxygen atoms in total. The fourth-order valence-corrected chi connectivity index (χ4v) is 9.06. The largest absolute Gasteiger partial charge is 0.507 e. The van der Waals surface area contributed by atoms with Crippen molar-refractivity contribution in [3.8, 4) is 5.75 Å². The molecule has 190 valence electrons. The highest BCUT2D eigenvalue weighted by molar-refractivity contribution is 8.04. The van der Waals surface area contributed by atoms with Crippen LogP contribution in [0.4, 0.5) is 0 Å². The minimum Gasteiger partial charge on any atom is -0.507 e. The van der Waals surface area contributed by atoms with Crippen molar-refractivity contribution in [1.29, 1.82) is 0 Å². The second-order valence-electron chi connectivity index (χ2n) is 13.0. The maximum Gasteiger partial charge on any atom is 0.230 e. The molecule has 4 rings (SSSR count). The molecule has 3 fully saturated rings. The number of rotatable bonds is 6. The SMILES string of the molecule is CC(C)(C)c1cc(SC2CCCCC2SCC(=O)NC2C[C@H]3CC[C@H]2C3)cc(C(C)(C)C)c1O. The number of hydrogen-bond acceptors (Lipinski definition) is 4. The molecule has 5 heteroatoms. The van der Waals surface area contributed by atoms with E-state index in [2.05, 4.69) is 59.0 Å². The summed E-state index contributed by atoms with van der Waals surface area (Å²) < 4.78 is 0. The van der Waals surface area contributed by atoms with Crippen LogP contribution in [0.5, 0.6) is 5.75 Å². The molecule has 34 heavy (non-hydrogen) atoms. The zero-order valence-electron chi connectivity index (χ0n) is 22.1. The van der Waals surface area contributed by atoms with Gasteiger partial charge in [-0.25, -0.2) is 0 Å². The number of aromatic hydroxyl groups is 1. The predicted octanol–water partition coefficient (Wildman–Crippen LogP) is 7.43. The van der Waals surface area contributed by atoms with E-state index < -0.39 is 0 Å². The van der Waals surface area contributed by atoms with Crippen molar-refractivity contribution in [1.82, 2.24) is 5.32 Å². The molecule has 3 unspecified atom stereocenters. The Bertz CT molecular complexity index is 850. The Hall–Kier alpha value is -0.810. The van der Waals surface area contributed by atoms with E-state index in [1.165, 1.54) is 56.3 Å². The number of hydrogen-bond donors (Lipinski definition) is 2. The molecule has 0 saturated heterocycles. The summed E-state index contributed by atoms with van der Waals surface area (Å²) in [4.78, 5) is 14.0. The van der Waals surface area contributed by atoms with Gasteiger partial charge in [0, 0.05) is 32.6 Å². The van der Waals surface area contributed by atoms with Gasteiger partial charge in [0.2, 0.25) is 5.91 Å². The van der Waals surface area contributed by atoms with E-state index in [0.29, 0.717) is 28.0 Å². The highest BCUT2D eigenvalue weighted by Crippen LogP contribution is 2.46. The van der Waals surface area contributed by atoms with Crippen LogP contribution in [-0.2, 0) is 15.6 Å². The monoisotopic (exact) mass is 503 g/mol. The van der Waals surface area contributed by atoms with Gasteiger partial charge in [0.1, 0.15) is 5.75 Å². The van der Waals surface area contributed by atoms with Crippen molar-refractivity contribution in [2.75, 3.05) is 5.75 Å². The van der Waals surface area contributed by atoms with Gasteiger partial charge in [0.25, 0.3) is 0 Å². The normalized spacial score (nSPS) is 29.4. The second kappa shape index (κ2) is 10.3. The fraction of sp³-hybridized carbons (Fsp3) is 0.759. The van der Waals surface area contributed by atoms with Gasteiger partial charge in [-0.05, 0) is 66.9 Å². The molecule has 1 aromatic carbocycles. The van der Waals surface area contributed by atoms with E-state index in [9.17, 15) is 9.90 Å². The highest BCUT2D eigenvalue weighted by Gasteiger charge is 2.40. The Morgan fingerprint density at radius 3 is 2.09 bits per heavy atom. The molecule has 1 amide bonds. The van der Waals surface area contributed by atoms with Gasteiger partial charge in [-0.15, -0.1) is 23.5 Å². The van der Waals surface area contributed by atoms with Crippen molar-refractivity contribution >= 4 is 29.4 Å². The number of fused-ring (bicyclic) bond motifs is 2. The summed E-state index contributed by atoms with van der Waals surface area (Å²) in [5.41, 5.74) is 1.85. The van der Waals surface area contributed by atoms with Crippen molar-refractivity contribution in [3.05, 3.63) is 23.3 Å². The summed E-state index contributed by atoms with van der Waals surface area (Å²) >= 11 is 3.85. The van der Waals surface area contributed by atoms with Crippen LogP contribution in [0.3, 0.4) is 0 Å². The highest BCUT2D eigenvalue weighted by atomic mass is 32.2. The van der Waals surface area contributed by atoms with E-state index >= 15 is 0 Å². The molecule has 0 aliphatic heterocycles. The summed E-state index contributed by atoms with van der Waals surface area (Å²) in [6.07, 6.45) is 10.1. The van der Waals surface area contributed by atoms with Crippen LogP contribution in [0.25, 0.3) is 0 Å². The third-order valence-corrected chi connectivity index (χ3v) is 11.1. The molecule has 3 saturated carbocycles. The van der Waals surface area contributed by atoms with Gasteiger partial charge in [-0.3, -0.25) is 4.79 Å². The Kier molecular flexibility index (Phi) is 7.94. The van der Waals surface area contributed by atoms with Gasteiger partial charge < -0.3 is 10.4 Å². The lowest BCUT2D eigenvalue weighted by Crippen LogP contribution is -2.40. The van der Waals surface area contributed by atoms with Crippen molar-refractivity contribution in [2.24, 2.45) is 11.8 Å². The summed E-state index contributed by atoms with van der Waals surface area (Å²) in [5.74, 6) is 2.89. The number of phenolic OH excluding ortho intramolecular Hbond substituents is 1. The number of thioether (sulfide) groups is 2. The summed E-state index contributed by atoms with van der Waals surface area (Å²) in [7, 11) is 0. The minimum absolute atomic E-state index is 0.112. The lowest BCUT2D eigenvalue weighted by atomic mass is 9.79. The zero-order chi connectivity index (χ0) is 24.7. The molecule has 0 heterocycles. The first kappa shape index (κ1) is 26.3. The molecule has 3 aliphatic rings. The topological polar surface area (TPSA) is 49.3 Å². The Labute approximate surface area is 216 Å². The maximum absolute atomic E-state index is 12.8. The smallest absolute Gasteiger partial charge is 0.230 e. The Morgan fingerprint density at radius 2 is 1.56 bits per heavy atom. The molecular formula is C29H45NO2S2. The van der Waals surface area contributed by atoms with Crippen LogP contribution in [0.15, 0.2) is 17.0 Å². The van der Waals surface area contributed by atoms with Crippen LogP contribution >= 0.6 is 23.5 Å². The van der Waals surface area contributed by atoms with Crippen LogP contribution in [0.1, 0.15) is 104 Å². The van der Waals surface area contributed by atoms with E-state index in [0.717, 1.165) is 23.0 Å². The third-order valence-electron chi connectivity index (χ3n) is 8.14. The summed E-state index contributed by atoms with van der Waals surface area (Å²) in [5, 5.41) is 15.5. The molecule has 0 aromatic heterocycles. The van der Waals surface area contributed by atoms with E-state index in [1.54, 1.807) is 0 Å². The molecular weight excluding hydrogens is 458 g/mol. The van der Waals surface area contributed by atoms with Crippen LogP contribution < -0.4 is 5.32 Å². The van der Waals surface area contributed by atoms with Crippen molar-refractivity contribution in [3.63, 3.8) is 0 Å². The van der Waals surface area contributed by atoms with Crippen LogP contribution in [0.2, 0.25) is 0 Å². The molecule has 0 radical (unpaired) electrons. The first-order valence-corrected chi connectivity index (χ1v) is 15.3. The number of carbonyl (C=O) groups is 1. The van der Waals surface area contributed by atoms with Gasteiger partial charge in [0.15, 0.2) is 0 Å². The number of nitrogens with one attached hydrogen (secondary N) is 1. The molecule has 2 N–H and O–H groups in total. The molecule has 5 atom stereocenters.